The molecular formula is C19H20BrN7O. The third kappa shape index (κ3) is 5.40. The third-order valence-corrected chi connectivity index (χ3v) is 4.17. The Hall–Kier alpha value is -3.20. The van der Waals surface area contributed by atoms with Gasteiger partial charge in [0.1, 0.15) is 5.75 Å². The second kappa shape index (κ2) is 9.14. The Bertz CT molecular complexity index is 964. The zero-order chi connectivity index (χ0) is 19.9. The molecule has 3 rings (SSSR count). The molecule has 8 nitrogen and oxygen atoms in total. The maximum atomic E-state index is 9.87. The quantitative estimate of drug-likeness (QED) is 0.381. The van der Waals surface area contributed by atoms with Gasteiger partial charge in [-0.05, 0) is 23.8 Å². The normalized spacial score (nSPS) is 10.8. The highest BCUT2D eigenvalue weighted by Crippen LogP contribution is 2.20. The summed E-state index contributed by atoms with van der Waals surface area (Å²) in [6.07, 6.45) is 1.50. The molecule has 0 aliphatic carbocycles. The predicted molar refractivity (Wildman–Crippen MR) is 115 cm³/mol. The molecule has 0 unspecified atom stereocenters. The Kier molecular flexibility index (Phi) is 6.38. The third-order valence-electron chi connectivity index (χ3n) is 3.67. The summed E-state index contributed by atoms with van der Waals surface area (Å²) >= 11 is 3.36. The van der Waals surface area contributed by atoms with Gasteiger partial charge in [0.25, 0.3) is 0 Å². The number of phenolic OH excluding ortho intramolecular Hbond substituents is 1. The average molecular weight is 442 g/mol. The molecule has 3 N–H and O–H groups in total. The van der Waals surface area contributed by atoms with Gasteiger partial charge in [-0.25, -0.2) is 5.43 Å². The summed E-state index contributed by atoms with van der Waals surface area (Å²) in [5.74, 6) is 1.35. The summed E-state index contributed by atoms with van der Waals surface area (Å²) in [6, 6.07) is 15.1. The van der Waals surface area contributed by atoms with Crippen LogP contribution in [0.4, 0.5) is 17.8 Å². The summed E-state index contributed by atoms with van der Waals surface area (Å²) in [5.41, 5.74) is 4.47. The Balaban J connectivity index is 1.75. The van der Waals surface area contributed by atoms with E-state index in [2.05, 4.69) is 46.7 Å². The molecule has 0 aliphatic rings. The molecule has 2 aromatic carbocycles. The highest BCUT2D eigenvalue weighted by Gasteiger charge is 2.08. The topological polar surface area (TPSA) is 98.6 Å². The van der Waals surface area contributed by atoms with Crippen molar-refractivity contribution < 1.29 is 5.11 Å². The SMILES string of the molecule is CN(C)c1nc(NCc2ccccc2)nc(N/N=C/c2cc(Br)ccc2O)n1. The van der Waals surface area contributed by atoms with Gasteiger partial charge in [0.15, 0.2) is 0 Å². The van der Waals surface area contributed by atoms with E-state index >= 15 is 0 Å². The van der Waals surface area contributed by atoms with Crippen LogP contribution in [0.1, 0.15) is 11.1 Å². The standard InChI is InChI=1S/C19H20BrN7O/c1-27(2)19-24-17(21-11-13-6-4-3-5-7-13)23-18(25-19)26-22-12-14-10-15(20)8-9-16(14)28/h3-10,12,28H,11H2,1-2H3,(H2,21,23,24,25,26)/b22-12+. The first kappa shape index (κ1) is 19.6. The molecule has 3 aromatic rings. The molecule has 0 bridgehead atoms. The van der Waals surface area contributed by atoms with Crippen LogP contribution >= 0.6 is 15.9 Å². The minimum atomic E-state index is 0.128. The highest BCUT2D eigenvalue weighted by molar-refractivity contribution is 9.10. The molecule has 0 fully saturated rings. The van der Waals surface area contributed by atoms with Crippen LogP contribution in [-0.4, -0.2) is 40.4 Å². The van der Waals surface area contributed by atoms with Gasteiger partial charge in [-0.15, -0.1) is 0 Å². The van der Waals surface area contributed by atoms with Crippen LogP contribution in [0.2, 0.25) is 0 Å². The van der Waals surface area contributed by atoms with E-state index in [1.165, 1.54) is 6.21 Å². The number of hydrogen-bond donors (Lipinski definition) is 3. The summed E-state index contributed by atoms with van der Waals surface area (Å²) in [6.45, 7) is 0.590. The number of nitrogens with one attached hydrogen (secondary N) is 2. The molecule has 0 aliphatic heterocycles. The zero-order valence-electron chi connectivity index (χ0n) is 15.5. The number of aromatic hydroxyl groups is 1. The number of rotatable bonds is 7. The number of benzene rings is 2. The van der Waals surface area contributed by atoms with E-state index < -0.39 is 0 Å². The van der Waals surface area contributed by atoms with E-state index in [9.17, 15) is 5.11 Å². The minimum Gasteiger partial charge on any atom is -0.507 e. The van der Waals surface area contributed by atoms with Crippen molar-refractivity contribution in [3.63, 3.8) is 0 Å². The van der Waals surface area contributed by atoms with Gasteiger partial charge in [0.2, 0.25) is 17.8 Å². The van der Waals surface area contributed by atoms with Crippen molar-refractivity contribution in [1.29, 1.82) is 0 Å². The lowest BCUT2D eigenvalue weighted by Crippen LogP contribution is -2.16. The summed E-state index contributed by atoms with van der Waals surface area (Å²) in [5, 5.41) is 17.2. The number of hydrogen-bond acceptors (Lipinski definition) is 8. The highest BCUT2D eigenvalue weighted by atomic mass is 79.9. The molecule has 0 saturated carbocycles. The zero-order valence-corrected chi connectivity index (χ0v) is 17.1. The number of phenols is 1. The number of nitrogens with zero attached hydrogens (tertiary/aromatic N) is 5. The van der Waals surface area contributed by atoms with Crippen LogP contribution in [0.5, 0.6) is 5.75 Å². The monoisotopic (exact) mass is 441 g/mol. The fourth-order valence-corrected chi connectivity index (χ4v) is 2.64. The Morgan fingerprint density at radius 2 is 1.82 bits per heavy atom. The van der Waals surface area contributed by atoms with E-state index in [0.717, 1.165) is 10.0 Å². The fraction of sp³-hybridized carbons (Fsp3) is 0.158. The van der Waals surface area contributed by atoms with Crippen LogP contribution in [0.15, 0.2) is 58.1 Å². The summed E-state index contributed by atoms with van der Waals surface area (Å²) in [7, 11) is 3.70. The molecule has 144 valence electrons. The van der Waals surface area contributed by atoms with Gasteiger partial charge >= 0.3 is 0 Å². The molecule has 1 aromatic heterocycles. The summed E-state index contributed by atoms with van der Waals surface area (Å²) < 4.78 is 0.842. The van der Waals surface area contributed by atoms with Crippen LogP contribution in [0.25, 0.3) is 0 Å². The van der Waals surface area contributed by atoms with Crippen LogP contribution in [0, 0.1) is 0 Å². The Labute approximate surface area is 171 Å². The van der Waals surface area contributed by atoms with Crippen molar-refractivity contribution >= 4 is 40.0 Å². The van der Waals surface area contributed by atoms with E-state index in [1.807, 2.05) is 44.4 Å². The average Bonchev–Trinajstić information content (AvgIpc) is 2.69. The molecule has 0 amide bonds. The molecule has 1 heterocycles. The lowest BCUT2D eigenvalue weighted by molar-refractivity contribution is 0.474. The van der Waals surface area contributed by atoms with Crippen molar-refractivity contribution in [3.05, 3.63) is 64.1 Å². The molecular weight excluding hydrogens is 422 g/mol. The second-order valence-corrected chi connectivity index (χ2v) is 7.01. The maximum Gasteiger partial charge on any atom is 0.250 e. The van der Waals surface area contributed by atoms with Crippen molar-refractivity contribution in [3.8, 4) is 5.75 Å². The number of aromatic nitrogens is 3. The maximum absolute atomic E-state index is 9.87. The van der Waals surface area contributed by atoms with Gasteiger partial charge in [0, 0.05) is 30.7 Å². The number of halogens is 1. The van der Waals surface area contributed by atoms with Crippen LogP contribution in [-0.2, 0) is 6.54 Å². The van der Waals surface area contributed by atoms with E-state index in [-0.39, 0.29) is 5.75 Å². The Morgan fingerprint density at radius 1 is 1.07 bits per heavy atom. The van der Waals surface area contributed by atoms with Crippen molar-refractivity contribution in [2.75, 3.05) is 29.7 Å². The predicted octanol–water partition coefficient (Wildman–Crippen LogP) is 3.46. The molecule has 0 radical (unpaired) electrons. The largest absolute Gasteiger partial charge is 0.507 e. The van der Waals surface area contributed by atoms with Crippen LogP contribution < -0.4 is 15.6 Å². The first-order valence-corrected chi connectivity index (χ1v) is 9.29. The fourth-order valence-electron chi connectivity index (χ4n) is 2.26. The van der Waals surface area contributed by atoms with E-state index in [4.69, 9.17) is 0 Å². The minimum absolute atomic E-state index is 0.128. The Morgan fingerprint density at radius 3 is 2.57 bits per heavy atom. The lowest BCUT2D eigenvalue weighted by atomic mass is 10.2. The van der Waals surface area contributed by atoms with Gasteiger partial charge < -0.3 is 15.3 Å². The second-order valence-electron chi connectivity index (χ2n) is 6.09. The van der Waals surface area contributed by atoms with Gasteiger partial charge in [-0.3, -0.25) is 0 Å². The molecule has 9 heteroatoms. The molecule has 0 spiro atoms. The number of anilines is 3. The van der Waals surface area contributed by atoms with Gasteiger partial charge in [-0.2, -0.15) is 20.1 Å². The smallest absolute Gasteiger partial charge is 0.250 e. The molecule has 0 saturated heterocycles. The van der Waals surface area contributed by atoms with Crippen molar-refractivity contribution in [2.24, 2.45) is 5.10 Å². The lowest BCUT2D eigenvalue weighted by Gasteiger charge is -2.13. The molecule has 28 heavy (non-hydrogen) atoms. The van der Waals surface area contributed by atoms with Crippen molar-refractivity contribution in [1.82, 2.24) is 15.0 Å². The molecule has 0 atom stereocenters. The van der Waals surface area contributed by atoms with Crippen molar-refractivity contribution in [2.45, 2.75) is 6.54 Å². The first-order valence-electron chi connectivity index (χ1n) is 8.50. The number of hydrazone groups is 1. The van der Waals surface area contributed by atoms with Gasteiger partial charge in [-0.1, -0.05) is 46.3 Å². The first-order chi connectivity index (χ1) is 13.5. The van der Waals surface area contributed by atoms with E-state index in [1.54, 1.807) is 23.1 Å². The van der Waals surface area contributed by atoms with Gasteiger partial charge in [0.05, 0.1) is 6.21 Å². The summed E-state index contributed by atoms with van der Waals surface area (Å²) in [4.78, 5) is 14.8. The van der Waals surface area contributed by atoms with E-state index in [0.29, 0.717) is 30.0 Å². The van der Waals surface area contributed by atoms with Crippen LogP contribution in [0.3, 0.4) is 0 Å².